The van der Waals surface area contributed by atoms with Crippen LogP contribution in [0.5, 0.6) is 0 Å². The zero-order chi connectivity index (χ0) is 15.7. The number of carbonyl (C=O) groups is 4. The topological polar surface area (TPSA) is 186 Å². The van der Waals surface area contributed by atoms with E-state index in [4.69, 9.17) is 20.4 Å². The molecule has 0 amide bonds. The van der Waals surface area contributed by atoms with E-state index in [-0.39, 0.29) is 48.1 Å². The van der Waals surface area contributed by atoms with Gasteiger partial charge in [-0.25, -0.2) is 0 Å². The van der Waals surface area contributed by atoms with Gasteiger partial charge in [0.15, 0.2) is 0 Å². The van der Waals surface area contributed by atoms with Gasteiger partial charge < -0.3 is 25.9 Å². The second-order valence-corrected chi connectivity index (χ2v) is 4.00. The van der Waals surface area contributed by atoms with Gasteiger partial charge in [0, 0.05) is 13.1 Å². The molecule has 0 aliphatic heterocycles. The maximum atomic E-state index is 10.6. The summed E-state index contributed by atoms with van der Waals surface area (Å²) in [5.74, 6) is -4.91. The van der Waals surface area contributed by atoms with Crippen molar-refractivity contribution in [2.24, 2.45) is 0 Å². The molecule has 5 N–H and O–H groups in total. The van der Waals surface area contributed by atoms with Crippen molar-refractivity contribution in [3.05, 3.63) is 0 Å². The fourth-order valence-corrected chi connectivity index (χ4v) is 1.48. The zero-order valence-electron chi connectivity index (χ0n) is 12.0. The molecule has 0 spiro atoms. The molecule has 0 heterocycles. The van der Waals surface area contributed by atoms with Gasteiger partial charge in [0.2, 0.25) is 0 Å². The Morgan fingerprint density at radius 3 is 0.909 bits per heavy atom. The van der Waals surface area contributed by atoms with Crippen molar-refractivity contribution in [2.75, 3.05) is 39.3 Å². The van der Waals surface area contributed by atoms with E-state index in [0.717, 1.165) is 9.80 Å². The molecule has 0 saturated carbocycles. The molecular formula is C10H17N2NaO9. The Morgan fingerprint density at radius 2 is 0.773 bits per heavy atom. The monoisotopic (exact) mass is 332 g/mol. The average Bonchev–Trinajstić information content (AvgIpc) is 2.22. The molecule has 22 heavy (non-hydrogen) atoms. The Kier molecular flexibility index (Phi) is 15.7. The largest absolute Gasteiger partial charge is 1.00 e. The first-order valence-electron chi connectivity index (χ1n) is 5.52. The molecule has 0 aromatic carbocycles. The summed E-state index contributed by atoms with van der Waals surface area (Å²) in [5, 5.41) is 34.5. The molecule has 122 valence electrons. The molecule has 11 nitrogen and oxygen atoms in total. The van der Waals surface area contributed by atoms with Crippen LogP contribution in [0, 0.1) is 0 Å². The first-order valence-corrected chi connectivity index (χ1v) is 5.52. The van der Waals surface area contributed by atoms with E-state index in [1.165, 1.54) is 0 Å². The minimum atomic E-state index is -1.23. The second-order valence-electron chi connectivity index (χ2n) is 4.00. The number of hydrogen-bond donors (Lipinski definition) is 4. The van der Waals surface area contributed by atoms with Crippen LogP contribution in [0.15, 0.2) is 0 Å². The Balaban J connectivity index is -0.00000180. The number of carboxylic acids is 4. The van der Waals surface area contributed by atoms with Gasteiger partial charge in [0.1, 0.15) is 0 Å². The standard InChI is InChI=1S/C10H16N2O8.Na.H2O/c13-7(14)3-11(4-8(15)16)1-2-12(5-9(17)18)6-10(19)20;;/h1-6H2,(H,13,14)(H,15,16)(H,17,18)(H,19,20);;1H2/q;+1;/p-1. The normalized spacial score (nSPS) is 9.73. The molecule has 0 fully saturated rings. The number of aliphatic carboxylic acids is 4. The number of hydrogen-bond acceptors (Lipinski definition) is 7. The third-order valence-electron chi connectivity index (χ3n) is 2.17. The molecule has 0 aromatic rings. The van der Waals surface area contributed by atoms with Gasteiger partial charge in [-0.05, 0) is 0 Å². The maximum Gasteiger partial charge on any atom is 1.00 e. The Hall–Kier alpha value is -1.24. The summed E-state index contributed by atoms with van der Waals surface area (Å²) >= 11 is 0. The fraction of sp³-hybridized carbons (Fsp3) is 0.600. The van der Waals surface area contributed by atoms with Crippen LogP contribution >= 0.6 is 0 Å². The first-order chi connectivity index (χ1) is 9.20. The maximum absolute atomic E-state index is 10.6. The minimum absolute atomic E-state index is 0. The van der Waals surface area contributed by atoms with Gasteiger partial charge in [-0.15, -0.1) is 0 Å². The smallest absolute Gasteiger partial charge is 0.870 e. The fourth-order valence-electron chi connectivity index (χ4n) is 1.48. The third kappa shape index (κ3) is 15.2. The summed E-state index contributed by atoms with van der Waals surface area (Å²) in [6.07, 6.45) is 0. The summed E-state index contributed by atoms with van der Waals surface area (Å²) in [6, 6.07) is 0. The molecule has 12 heteroatoms. The van der Waals surface area contributed by atoms with E-state index >= 15 is 0 Å². The molecule has 0 saturated heterocycles. The Bertz CT molecular complexity index is 323. The molecule has 0 rings (SSSR count). The van der Waals surface area contributed by atoms with E-state index < -0.39 is 50.1 Å². The average molecular weight is 332 g/mol. The third-order valence-corrected chi connectivity index (χ3v) is 2.17. The van der Waals surface area contributed by atoms with Crippen LogP contribution in [-0.2, 0) is 19.2 Å². The summed E-state index contributed by atoms with van der Waals surface area (Å²) in [7, 11) is 0. The summed E-state index contributed by atoms with van der Waals surface area (Å²) < 4.78 is 0. The molecule has 0 bridgehead atoms. The summed E-state index contributed by atoms with van der Waals surface area (Å²) in [4.78, 5) is 44.4. The van der Waals surface area contributed by atoms with Crippen LogP contribution in [0.2, 0.25) is 0 Å². The molecular weight excluding hydrogens is 315 g/mol. The van der Waals surface area contributed by atoms with Crippen LogP contribution in [0.3, 0.4) is 0 Å². The van der Waals surface area contributed by atoms with Crippen molar-refractivity contribution in [1.29, 1.82) is 0 Å². The zero-order valence-corrected chi connectivity index (χ0v) is 14.0. The minimum Gasteiger partial charge on any atom is -0.870 e. The quantitative estimate of drug-likeness (QED) is 0.265. The van der Waals surface area contributed by atoms with Gasteiger partial charge in [-0.2, -0.15) is 0 Å². The molecule has 0 aliphatic rings. The van der Waals surface area contributed by atoms with Crippen molar-refractivity contribution < 1.29 is 74.6 Å². The van der Waals surface area contributed by atoms with Crippen molar-refractivity contribution in [1.82, 2.24) is 9.80 Å². The van der Waals surface area contributed by atoms with Crippen LogP contribution in [0.25, 0.3) is 0 Å². The van der Waals surface area contributed by atoms with E-state index in [0.29, 0.717) is 0 Å². The molecule has 0 aliphatic carbocycles. The Morgan fingerprint density at radius 1 is 0.591 bits per heavy atom. The first kappa shape index (κ1) is 25.7. The molecule has 0 atom stereocenters. The second kappa shape index (κ2) is 13.4. The van der Waals surface area contributed by atoms with Crippen LogP contribution in [0.1, 0.15) is 0 Å². The van der Waals surface area contributed by atoms with Crippen LogP contribution < -0.4 is 29.6 Å². The van der Waals surface area contributed by atoms with Crippen molar-refractivity contribution in [3.63, 3.8) is 0 Å². The number of rotatable bonds is 11. The van der Waals surface area contributed by atoms with Gasteiger partial charge in [-0.1, -0.05) is 0 Å². The van der Waals surface area contributed by atoms with E-state index in [9.17, 15) is 19.2 Å². The predicted octanol–water partition coefficient (Wildman–Crippen LogP) is -5.24. The van der Waals surface area contributed by atoms with Crippen LogP contribution in [0.4, 0.5) is 0 Å². The molecule has 0 radical (unpaired) electrons. The molecule has 0 aromatic heterocycles. The predicted molar refractivity (Wildman–Crippen MR) is 65.4 cm³/mol. The summed E-state index contributed by atoms with van der Waals surface area (Å²) in [6.45, 7) is -2.25. The SMILES string of the molecule is O=C(O)CN(CCN(CC(=O)O)CC(=O)O)CC(=O)O.[Na+].[OH-]. The van der Waals surface area contributed by atoms with Gasteiger partial charge >= 0.3 is 53.4 Å². The number of carboxylic acid groups (broad SMARTS) is 4. The van der Waals surface area contributed by atoms with Gasteiger partial charge in [0.05, 0.1) is 26.2 Å². The van der Waals surface area contributed by atoms with Gasteiger partial charge in [0.25, 0.3) is 0 Å². The van der Waals surface area contributed by atoms with E-state index in [1.807, 2.05) is 0 Å². The van der Waals surface area contributed by atoms with Gasteiger partial charge in [-0.3, -0.25) is 29.0 Å². The van der Waals surface area contributed by atoms with Crippen molar-refractivity contribution in [3.8, 4) is 0 Å². The van der Waals surface area contributed by atoms with E-state index in [1.54, 1.807) is 0 Å². The molecule has 0 unspecified atom stereocenters. The van der Waals surface area contributed by atoms with Crippen molar-refractivity contribution in [2.45, 2.75) is 0 Å². The Labute approximate surface area is 147 Å². The van der Waals surface area contributed by atoms with E-state index in [2.05, 4.69) is 0 Å². The summed E-state index contributed by atoms with van der Waals surface area (Å²) in [5.41, 5.74) is 0. The van der Waals surface area contributed by atoms with Crippen molar-refractivity contribution >= 4 is 23.9 Å². The van der Waals surface area contributed by atoms with Crippen LogP contribution in [-0.4, -0.2) is 98.8 Å². The number of nitrogens with zero attached hydrogens (tertiary/aromatic N) is 2.